The Labute approximate surface area is 96.4 Å². The average Bonchev–Trinajstić information content (AvgIpc) is 2.61. The van der Waals surface area contributed by atoms with Gasteiger partial charge in [0.25, 0.3) is 0 Å². The van der Waals surface area contributed by atoms with E-state index >= 15 is 0 Å². The molecular weight excluding hydrogens is 243 g/mol. The lowest BCUT2D eigenvalue weighted by Gasteiger charge is -2.10. The zero-order valence-corrected chi connectivity index (χ0v) is 9.94. The van der Waals surface area contributed by atoms with E-state index in [1.54, 1.807) is 0 Å². The molecule has 0 aliphatic carbocycles. The van der Waals surface area contributed by atoms with Crippen molar-refractivity contribution in [1.29, 1.82) is 0 Å². The normalized spacial score (nSPS) is 18.0. The van der Waals surface area contributed by atoms with Crippen LogP contribution in [0.5, 0.6) is 0 Å². The second-order valence-electron chi connectivity index (χ2n) is 2.74. The summed E-state index contributed by atoms with van der Waals surface area (Å²) in [5.41, 5.74) is 1.17. The van der Waals surface area contributed by atoms with Crippen molar-refractivity contribution in [3.63, 3.8) is 0 Å². The smallest absolute Gasteiger partial charge is 0.0766 e. The Hall–Kier alpha value is 0.500. The highest BCUT2D eigenvalue weighted by atomic mass is 35.5. The number of rotatable bonds is 1. The van der Waals surface area contributed by atoms with Gasteiger partial charge in [0.2, 0.25) is 0 Å². The van der Waals surface area contributed by atoms with Crippen LogP contribution >= 0.6 is 46.7 Å². The summed E-state index contributed by atoms with van der Waals surface area (Å²) in [6, 6.07) is 5.68. The molecule has 0 spiro atoms. The van der Waals surface area contributed by atoms with Crippen molar-refractivity contribution in [1.82, 2.24) is 0 Å². The molecule has 1 aromatic rings. The molecule has 1 saturated heterocycles. The molecule has 70 valence electrons. The molecule has 0 unspecified atom stereocenters. The second kappa shape index (κ2) is 4.35. The van der Waals surface area contributed by atoms with Gasteiger partial charge in [-0.05, 0) is 23.8 Å². The third-order valence-corrected chi connectivity index (χ3v) is 5.48. The maximum absolute atomic E-state index is 6.09. The van der Waals surface area contributed by atoms with Gasteiger partial charge in [-0.1, -0.05) is 23.2 Å². The van der Waals surface area contributed by atoms with E-state index in [-0.39, 0.29) is 0 Å². The van der Waals surface area contributed by atoms with Crippen molar-refractivity contribution < 1.29 is 0 Å². The summed E-state index contributed by atoms with van der Waals surface area (Å²) in [7, 11) is 0. The third-order valence-electron chi connectivity index (χ3n) is 1.83. The highest BCUT2D eigenvalue weighted by molar-refractivity contribution is 8.19. The topological polar surface area (TPSA) is 0 Å². The molecule has 0 atom stereocenters. The van der Waals surface area contributed by atoms with Gasteiger partial charge in [0.1, 0.15) is 0 Å². The monoisotopic (exact) mass is 250 g/mol. The Morgan fingerprint density at radius 2 is 1.85 bits per heavy atom. The SMILES string of the molecule is Clc1ccc(Cl)c(C2SCCS2)c1. The van der Waals surface area contributed by atoms with Gasteiger partial charge in [-0.25, -0.2) is 0 Å². The zero-order valence-electron chi connectivity index (χ0n) is 6.80. The largest absolute Gasteiger partial charge is 0.142 e. The molecule has 13 heavy (non-hydrogen) atoms. The minimum Gasteiger partial charge on any atom is -0.142 e. The predicted molar refractivity (Wildman–Crippen MR) is 64.1 cm³/mol. The maximum Gasteiger partial charge on any atom is 0.0766 e. The fourth-order valence-electron chi connectivity index (χ4n) is 1.23. The Morgan fingerprint density at radius 1 is 1.15 bits per heavy atom. The van der Waals surface area contributed by atoms with Crippen molar-refractivity contribution in [3.05, 3.63) is 33.8 Å². The highest BCUT2D eigenvalue weighted by Gasteiger charge is 2.20. The molecule has 0 saturated carbocycles. The van der Waals surface area contributed by atoms with E-state index in [0.717, 1.165) is 10.0 Å². The Morgan fingerprint density at radius 3 is 2.54 bits per heavy atom. The maximum atomic E-state index is 6.09. The molecule has 1 aliphatic rings. The predicted octanol–water partition coefficient (Wildman–Crippen LogP) is 4.47. The first-order valence-electron chi connectivity index (χ1n) is 3.95. The van der Waals surface area contributed by atoms with Crippen molar-refractivity contribution in [2.24, 2.45) is 0 Å². The Kier molecular flexibility index (Phi) is 3.36. The number of hydrogen-bond donors (Lipinski definition) is 0. The lowest BCUT2D eigenvalue weighted by Crippen LogP contribution is -1.86. The molecule has 4 heteroatoms. The molecule has 2 rings (SSSR count). The van der Waals surface area contributed by atoms with Gasteiger partial charge < -0.3 is 0 Å². The molecule has 0 nitrogen and oxygen atoms in total. The number of halogens is 2. The van der Waals surface area contributed by atoms with E-state index in [9.17, 15) is 0 Å². The van der Waals surface area contributed by atoms with Gasteiger partial charge in [-0.2, -0.15) is 0 Å². The third kappa shape index (κ3) is 2.30. The van der Waals surface area contributed by atoms with Crippen LogP contribution in [0, 0.1) is 0 Å². The first kappa shape index (κ1) is 10.0. The summed E-state index contributed by atoms with van der Waals surface area (Å²) < 4.78 is 0.478. The fraction of sp³-hybridized carbons (Fsp3) is 0.333. The second-order valence-corrected chi connectivity index (χ2v) is 6.31. The summed E-state index contributed by atoms with van der Waals surface area (Å²) in [5.74, 6) is 2.41. The molecule has 0 aromatic heterocycles. The molecule has 0 amide bonds. The van der Waals surface area contributed by atoms with E-state index in [4.69, 9.17) is 23.2 Å². The quantitative estimate of drug-likeness (QED) is 0.722. The van der Waals surface area contributed by atoms with Crippen LogP contribution in [0.4, 0.5) is 0 Å². The van der Waals surface area contributed by atoms with Crippen molar-refractivity contribution in [3.8, 4) is 0 Å². The van der Waals surface area contributed by atoms with Crippen LogP contribution in [0.2, 0.25) is 10.0 Å². The zero-order chi connectivity index (χ0) is 9.26. The first-order valence-corrected chi connectivity index (χ1v) is 6.81. The van der Waals surface area contributed by atoms with Gasteiger partial charge in [0.05, 0.1) is 4.58 Å². The number of thioether (sulfide) groups is 2. The van der Waals surface area contributed by atoms with Crippen LogP contribution in [0.3, 0.4) is 0 Å². The van der Waals surface area contributed by atoms with Gasteiger partial charge >= 0.3 is 0 Å². The van der Waals surface area contributed by atoms with Crippen LogP contribution in [-0.4, -0.2) is 11.5 Å². The van der Waals surface area contributed by atoms with Gasteiger partial charge in [0.15, 0.2) is 0 Å². The summed E-state index contributed by atoms with van der Waals surface area (Å²) in [6.45, 7) is 0. The van der Waals surface area contributed by atoms with Crippen molar-refractivity contribution in [2.45, 2.75) is 4.58 Å². The van der Waals surface area contributed by atoms with E-state index in [1.807, 2.05) is 41.7 Å². The molecule has 0 N–H and O–H groups in total. The number of benzene rings is 1. The molecule has 0 bridgehead atoms. The van der Waals surface area contributed by atoms with E-state index in [0.29, 0.717) is 4.58 Å². The van der Waals surface area contributed by atoms with E-state index < -0.39 is 0 Å². The minimum atomic E-state index is 0.478. The summed E-state index contributed by atoms with van der Waals surface area (Å²) in [6.07, 6.45) is 0. The van der Waals surface area contributed by atoms with Crippen LogP contribution in [0.15, 0.2) is 18.2 Å². The number of hydrogen-bond acceptors (Lipinski definition) is 2. The standard InChI is InChI=1S/C9H8Cl2S2/c10-6-1-2-8(11)7(5-6)9-12-3-4-13-9/h1-2,5,9H,3-4H2. The van der Waals surface area contributed by atoms with E-state index in [1.165, 1.54) is 17.1 Å². The van der Waals surface area contributed by atoms with Crippen LogP contribution in [-0.2, 0) is 0 Å². The first-order chi connectivity index (χ1) is 6.27. The van der Waals surface area contributed by atoms with Crippen LogP contribution < -0.4 is 0 Å². The highest BCUT2D eigenvalue weighted by Crippen LogP contribution is 2.47. The molecule has 1 heterocycles. The van der Waals surface area contributed by atoms with E-state index in [2.05, 4.69) is 0 Å². The Bertz CT molecular complexity index is 308. The van der Waals surface area contributed by atoms with Crippen molar-refractivity contribution >= 4 is 46.7 Å². The molecular formula is C9H8Cl2S2. The molecule has 1 aromatic carbocycles. The minimum absolute atomic E-state index is 0.478. The summed E-state index contributed by atoms with van der Waals surface area (Å²) in [5, 5.41) is 1.60. The molecule has 1 aliphatic heterocycles. The van der Waals surface area contributed by atoms with Gasteiger partial charge in [-0.3, -0.25) is 0 Å². The van der Waals surface area contributed by atoms with Gasteiger partial charge in [-0.15, -0.1) is 23.5 Å². The lowest BCUT2D eigenvalue weighted by atomic mass is 10.2. The van der Waals surface area contributed by atoms with Crippen molar-refractivity contribution in [2.75, 3.05) is 11.5 Å². The van der Waals surface area contributed by atoms with Crippen LogP contribution in [0.25, 0.3) is 0 Å². The Balaban J connectivity index is 2.32. The van der Waals surface area contributed by atoms with Gasteiger partial charge in [0, 0.05) is 21.6 Å². The molecule has 0 radical (unpaired) electrons. The lowest BCUT2D eigenvalue weighted by molar-refractivity contribution is 1.39. The summed E-state index contributed by atoms with van der Waals surface area (Å²) in [4.78, 5) is 0. The summed E-state index contributed by atoms with van der Waals surface area (Å²) >= 11 is 15.9. The fourth-order valence-corrected chi connectivity index (χ4v) is 4.68. The average molecular weight is 251 g/mol. The van der Waals surface area contributed by atoms with Crippen LogP contribution in [0.1, 0.15) is 10.1 Å². The molecule has 1 fully saturated rings.